The smallest absolute Gasteiger partial charge is 0.220 e. The van der Waals surface area contributed by atoms with Crippen molar-refractivity contribution < 1.29 is 9.53 Å². The van der Waals surface area contributed by atoms with Crippen LogP contribution in [-0.4, -0.2) is 32.1 Å². The summed E-state index contributed by atoms with van der Waals surface area (Å²) < 4.78 is 5.13. The van der Waals surface area contributed by atoms with E-state index in [2.05, 4.69) is 17.6 Å². The summed E-state index contributed by atoms with van der Waals surface area (Å²) in [4.78, 5) is 12.0. The summed E-state index contributed by atoms with van der Waals surface area (Å²) in [6, 6.07) is 8.15. The molecule has 5 heteroatoms. The maximum atomic E-state index is 12.0. The Labute approximate surface area is 139 Å². The highest BCUT2D eigenvalue weighted by Crippen LogP contribution is 2.15. The molecule has 0 aromatic heterocycles. The van der Waals surface area contributed by atoms with E-state index in [4.69, 9.17) is 4.74 Å². The van der Waals surface area contributed by atoms with Crippen molar-refractivity contribution in [2.75, 3.05) is 20.2 Å². The SMILES string of the molecule is COc1ccc(CCC(=O)NC(C)C2CCCNC2)cc1.Cl. The van der Waals surface area contributed by atoms with Gasteiger partial charge in [-0.05, 0) is 62.9 Å². The number of amides is 1. The van der Waals surface area contributed by atoms with E-state index >= 15 is 0 Å². The normalized spacial score (nSPS) is 18.9. The van der Waals surface area contributed by atoms with Crippen LogP contribution in [-0.2, 0) is 11.2 Å². The van der Waals surface area contributed by atoms with Crippen molar-refractivity contribution >= 4 is 18.3 Å². The van der Waals surface area contributed by atoms with Crippen LogP contribution in [0.1, 0.15) is 31.7 Å². The summed E-state index contributed by atoms with van der Waals surface area (Å²) in [6.45, 7) is 4.23. The third kappa shape index (κ3) is 5.85. The first-order valence-corrected chi connectivity index (χ1v) is 7.82. The number of nitrogens with one attached hydrogen (secondary N) is 2. The molecule has 1 aromatic rings. The highest BCUT2D eigenvalue weighted by Gasteiger charge is 2.20. The average Bonchev–Trinajstić information content (AvgIpc) is 2.54. The molecule has 1 amide bonds. The lowest BCUT2D eigenvalue weighted by molar-refractivity contribution is -0.122. The maximum Gasteiger partial charge on any atom is 0.220 e. The largest absolute Gasteiger partial charge is 0.497 e. The molecule has 2 N–H and O–H groups in total. The molecule has 1 heterocycles. The van der Waals surface area contributed by atoms with Crippen molar-refractivity contribution in [3.05, 3.63) is 29.8 Å². The first kappa shape index (κ1) is 18.8. The monoisotopic (exact) mass is 326 g/mol. The van der Waals surface area contributed by atoms with Gasteiger partial charge >= 0.3 is 0 Å². The zero-order valence-electron chi connectivity index (χ0n) is 13.4. The van der Waals surface area contributed by atoms with Gasteiger partial charge < -0.3 is 15.4 Å². The molecule has 2 unspecified atom stereocenters. The number of carbonyl (C=O) groups is 1. The zero-order valence-corrected chi connectivity index (χ0v) is 14.2. The third-order valence-corrected chi connectivity index (χ3v) is 4.23. The molecule has 0 saturated carbocycles. The molecular weight excluding hydrogens is 300 g/mol. The minimum Gasteiger partial charge on any atom is -0.497 e. The van der Waals surface area contributed by atoms with Gasteiger partial charge in [0.2, 0.25) is 5.91 Å². The van der Waals surface area contributed by atoms with Crippen LogP contribution in [0, 0.1) is 5.92 Å². The van der Waals surface area contributed by atoms with Gasteiger partial charge in [0, 0.05) is 12.5 Å². The van der Waals surface area contributed by atoms with Crippen molar-refractivity contribution in [1.29, 1.82) is 0 Å². The number of aryl methyl sites for hydroxylation is 1. The van der Waals surface area contributed by atoms with Crippen LogP contribution in [0.15, 0.2) is 24.3 Å². The predicted molar refractivity (Wildman–Crippen MR) is 91.8 cm³/mol. The van der Waals surface area contributed by atoms with Crippen LogP contribution in [0.4, 0.5) is 0 Å². The molecule has 1 saturated heterocycles. The van der Waals surface area contributed by atoms with Crippen molar-refractivity contribution in [2.24, 2.45) is 5.92 Å². The number of hydrogen-bond donors (Lipinski definition) is 2. The number of rotatable bonds is 6. The Morgan fingerprint density at radius 2 is 2.14 bits per heavy atom. The quantitative estimate of drug-likeness (QED) is 0.844. The van der Waals surface area contributed by atoms with Gasteiger partial charge in [-0.1, -0.05) is 12.1 Å². The van der Waals surface area contributed by atoms with E-state index in [-0.39, 0.29) is 24.4 Å². The van der Waals surface area contributed by atoms with Gasteiger partial charge in [-0.3, -0.25) is 4.79 Å². The van der Waals surface area contributed by atoms with E-state index in [1.807, 2.05) is 24.3 Å². The molecule has 2 rings (SSSR count). The van der Waals surface area contributed by atoms with Crippen LogP contribution >= 0.6 is 12.4 Å². The summed E-state index contributed by atoms with van der Waals surface area (Å²) in [6.07, 6.45) is 3.71. The molecule has 1 aromatic carbocycles. The fraction of sp³-hybridized carbons (Fsp3) is 0.588. The van der Waals surface area contributed by atoms with E-state index in [1.54, 1.807) is 7.11 Å². The second-order valence-electron chi connectivity index (χ2n) is 5.81. The molecule has 0 aliphatic carbocycles. The van der Waals surface area contributed by atoms with Crippen LogP contribution in [0.2, 0.25) is 0 Å². The van der Waals surface area contributed by atoms with Crippen LogP contribution in [0.5, 0.6) is 5.75 Å². The number of halogens is 1. The summed E-state index contributed by atoms with van der Waals surface area (Å²) in [5.41, 5.74) is 1.16. The molecular formula is C17H27ClN2O2. The molecule has 22 heavy (non-hydrogen) atoms. The molecule has 2 atom stereocenters. The molecule has 1 aliphatic rings. The molecule has 0 radical (unpaired) electrons. The lowest BCUT2D eigenvalue weighted by Gasteiger charge is -2.29. The minimum atomic E-state index is 0. The highest BCUT2D eigenvalue weighted by atomic mass is 35.5. The van der Waals surface area contributed by atoms with E-state index in [0.29, 0.717) is 12.3 Å². The standard InChI is InChI=1S/C17H26N2O2.ClH/c1-13(15-4-3-11-18-12-15)19-17(20)10-7-14-5-8-16(21-2)9-6-14;/h5-6,8-9,13,15,18H,3-4,7,10-12H2,1-2H3,(H,19,20);1H. The molecule has 0 spiro atoms. The third-order valence-electron chi connectivity index (χ3n) is 4.23. The lowest BCUT2D eigenvalue weighted by Crippen LogP contribution is -2.44. The Kier molecular flexibility index (Phi) is 8.28. The van der Waals surface area contributed by atoms with Gasteiger partial charge in [0.1, 0.15) is 5.75 Å². The van der Waals surface area contributed by atoms with Gasteiger partial charge in [0.05, 0.1) is 7.11 Å². The Morgan fingerprint density at radius 3 is 2.73 bits per heavy atom. The Hall–Kier alpha value is -1.26. The second-order valence-corrected chi connectivity index (χ2v) is 5.81. The molecule has 124 valence electrons. The van der Waals surface area contributed by atoms with Crippen molar-refractivity contribution in [3.63, 3.8) is 0 Å². The summed E-state index contributed by atoms with van der Waals surface area (Å²) in [5.74, 6) is 1.55. The first-order valence-electron chi connectivity index (χ1n) is 7.82. The fourth-order valence-corrected chi connectivity index (χ4v) is 2.80. The lowest BCUT2D eigenvalue weighted by atomic mass is 9.92. The highest BCUT2D eigenvalue weighted by molar-refractivity contribution is 5.85. The van der Waals surface area contributed by atoms with Gasteiger partial charge in [-0.15, -0.1) is 12.4 Å². The predicted octanol–water partition coefficient (Wildman–Crippen LogP) is 2.55. The Bertz CT molecular complexity index is 444. The van der Waals surface area contributed by atoms with E-state index < -0.39 is 0 Å². The van der Waals surface area contributed by atoms with Crippen molar-refractivity contribution in [2.45, 2.75) is 38.6 Å². The van der Waals surface area contributed by atoms with E-state index in [0.717, 1.165) is 30.8 Å². The topological polar surface area (TPSA) is 50.4 Å². The number of hydrogen-bond acceptors (Lipinski definition) is 3. The summed E-state index contributed by atoms with van der Waals surface area (Å²) in [7, 11) is 1.66. The molecule has 4 nitrogen and oxygen atoms in total. The van der Waals surface area contributed by atoms with Gasteiger partial charge in [-0.25, -0.2) is 0 Å². The van der Waals surface area contributed by atoms with Crippen LogP contribution in [0.25, 0.3) is 0 Å². The molecule has 1 fully saturated rings. The van der Waals surface area contributed by atoms with E-state index in [9.17, 15) is 4.79 Å². The van der Waals surface area contributed by atoms with Crippen LogP contribution < -0.4 is 15.4 Å². The minimum absolute atomic E-state index is 0. The van der Waals surface area contributed by atoms with E-state index in [1.165, 1.54) is 12.8 Å². The van der Waals surface area contributed by atoms with Crippen LogP contribution in [0.3, 0.4) is 0 Å². The summed E-state index contributed by atoms with van der Waals surface area (Å²) >= 11 is 0. The number of ether oxygens (including phenoxy) is 1. The number of benzene rings is 1. The first-order chi connectivity index (χ1) is 10.2. The zero-order chi connectivity index (χ0) is 15.1. The van der Waals surface area contributed by atoms with Gasteiger partial charge in [-0.2, -0.15) is 0 Å². The fourth-order valence-electron chi connectivity index (χ4n) is 2.80. The van der Waals surface area contributed by atoms with Gasteiger partial charge in [0.25, 0.3) is 0 Å². The number of piperidine rings is 1. The Balaban J connectivity index is 0.00000242. The summed E-state index contributed by atoms with van der Waals surface area (Å²) in [5, 5.41) is 6.53. The average molecular weight is 327 g/mol. The van der Waals surface area contributed by atoms with Crippen molar-refractivity contribution in [1.82, 2.24) is 10.6 Å². The number of carbonyl (C=O) groups excluding carboxylic acids is 1. The van der Waals surface area contributed by atoms with Gasteiger partial charge in [0.15, 0.2) is 0 Å². The second kappa shape index (κ2) is 9.70. The Morgan fingerprint density at radius 1 is 1.41 bits per heavy atom. The molecule has 1 aliphatic heterocycles. The maximum absolute atomic E-state index is 12.0. The number of methoxy groups -OCH3 is 1. The van der Waals surface area contributed by atoms with Crippen molar-refractivity contribution in [3.8, 4) is 5.75 Å². The molecule has 0 bridgehead atoms.